The standard InChI is InChI=1S/C13H18N4O3/c1-13(2,6-14)12(20)17-9-4-7(10(15)18)3-8(5-9)11(16)19/h3-5H,6,14H2,1-2H3,(H2,15,18)(H2,16,19)(H,17,20). The van der Waals surface area contributed by atoms with Gasteiger partial charge in [0.05, 0.1) is 5.41 Å². The van der Waals surface area contributed by atoms with Crippen molar-refractivity contribution in [3.63, 3.8) is 0 Å². The third kappa shape index (κ3) is 3.55. The van der Waals surface area contributed by atoms with Crippen LogP contribution in [0.15, 0.2) is 18.2 Å². The van der Waals surface area contributed by atoms with Gasteiger partial charge in [-0.1, -0.05) is 0 Å². The Morgan fingerprint density at radius 3 is 1.85 bits per heavy atom. The summed E-state index contributed by atoms with van der Waals surface area (Å²) in [6.45, 7) is 3.50. The van der Waals surface area contributed by atoms with E-state index in [-0.39, 0.29) is 29.3 Å². The van der Waals surface area contributed by atoms with Gasteiger partial charge < -0.3 is 22.5 Å². The van der Waals surface area contributed by atoms with Crippen molar-refractivity contribution in [2.75, 3.05) is 11.9 Å². The average Bonchev–Trinajstić information content (AvgIpc) is 2.38. The fraction of sp³-hybridized carbons (Fsp3) is 0.308. The van der Waals surface area contributed by atoms with Gasteiger partial charge >= 0.3 is 0 Å². The van der Waals surface area contributed by atoms with Gasteiger partial charge in [-0.2, -0.15) is 0 Å². The van der Waals surface area contributed by atoms with E-state index in [1.165, 1.54) is 18.2 Å². The third-order valence-electron chi connectivity index (χ3n) is 2.88. The number of nitrogens with one attached hydrogen (secondary N) is 1. The number of nitrogens with two attached hydrogens (primary N) is 3. The highest BCUT2D eigenvalue weighted by Crippen LogP contribution is 2.19. The van der Waals surface area contributed by atoms with E-state index in [0.29, 0.717) is 0 Å². The highest BCUT2D eigenvalue weighted by atomic mass is 16.2. The molecule has 0 spiro atoms. The summed E-state index contributed by atoms with van der Waals surface area (Å²) in [5, 5.41) is 2.59. The van der Waals surface area contributed by atoms with E-state index in [1.807, 2.05) is 0 Å². The first kappa shape index (κ1) is 15.6. The van der Waals surface area contributed by atoms with E-state index in [2.05, 4.69) is 5.32 Å². The van der Waals surface area contributed by atoms with Crippen molar-refractivity contribution < 1.29 is 14.4 Å². The van der Waals surface area contributed by atoms with Crippen LogP contribution in [0.5, 0.6) is 0 Å². The first-order valence-electron chi connectivity index (χ1n) is 5.93. The number of hydrogen-bond donors (Lipinski definition) is 4. The summed E-state index contributed by atoms with van der Waals surface area (Å²) in [4.78, 5) is 34.4. The predicted molar refractivity (Wildman–Crippen MR) is 74.9 cm³/mol. The maximum Gasteiger partial charge on any atom is 0.248 e. The first-order valence-corrected chi connectivity index (χ1v) is 5.93. The lowest BCUT2D eigenvalue weighted by Crippen LogP contribution is -2.37. The molecule has 0 aliphatic heterocycles. The van der Waals surface area contributed by atoms with E-state index in [0.717, 1.165) is 0 Å². The van der Waals surface area contributed by atoms with Crippen LogP contribution >= 0.6 is 0 Å². The average molecular weight is 278 g/mol. The molecule has 20 heavy (non-hydrogen) atoms. The molecule has 0 unspecified atom stereocenters. The minimum Gasteiger partial charge on any atom is -0.366 e. The van der Waals surface area contributed by atoms with Gasteiger partial charge in [0.1, 0.15) is 0 Å². The molecule has 0 saturated heterocycles. The van der Waals surface area contributed by atoms with Gasteiger partial charge in [-0.25, -0.2) is 0 Å². The van der Waals surface area contributed by atoms with Gasteiger partial charge in [0.2, 0.25) is 17.7 Å². The predicted octanol–water partition coefficient (Wildman–Crippen LogP) is -0.192. The Morgan fingerprint density at radius 2 is 1.50 bits per heavy atom. The zero-order valence-corrected chi connectivity index (χ0v) is 11.4. The molecule has 0 bridgehead atoms. The fourth-order valence-electron chi connectivity index (χ4n) is 1.38. The highest BCUT2D eigenvalue weighted by Gasteiger charge is 2.26. The number of carbonyl (C=O) groups is 3. The van der Waals surface area contributed by atoms with E-state index in [4.69, 9.17) is 17.2 Å². The van der Waals surface area contributed by atoms with Crippen molar-refractivity contribution in [2.45, 2.75) is 13.8 Å². The lowest BCUT2D eigenvalue weighted by Gasteiger charge is -2.21. The fourth-order valence-corrected chi connectivity index (χ4v) is 1.38. The van der Waals surface area contributed by atoms with E-state index in [9.17, 15) is 14.4 Å². The van der Waals surface area contributed by atoms with Crippen molar-refractivity contribution >= 4 is 23.4 Å². The molecule has 0 aliphatic carbocycles. The van der Waals surface area contributed by atoms with Crippen LogP contribution in [0.4, 0.5) is 5.69 Å². The largest absolute Gasteiger partial charge is 0.366 e. The number of benzene rings is 1. The second-order valence-corrected chi connectivity index (χ2v) is 5.07. The second-order valence-electron chi connectivity index (χ2n) is 5.07. The summed E-state index contributed by atoms with van der Waals surface area (Å²) in [6.07, 6.45) is 0. The number of anilines is 1. The molecule has 7 nitrogen and oxygen atoms in total. The summed E-state index contributed by atoms with van der Waals surface area (Å²) in [7, 11) is 0. The molecule has 7 heteroatoms. The molecule has 0 atom stereocenters. The second kappa shape index (κ2) is 5.70. The van der Waals surface area contributed by atoms with Gasteiger partial charge in [-0.05, 0) is 32.0 Å². The number of rotatable bonds is 5. The number of primary amides is 2. The van der Waals surface area contributed by atoms with Gasteiger partial charge in [0.15, 0.2) is 0 Å². The molecule has 0 fully saturated rings. The van der Waals surface area contributed by atoms with Crippen LogP contribution in [0.2, 0.25) is 0 Å². The van der Waals surface area contributed by atoms with Crippen LogP contribution in [0.3, 0.4) is 0 Å². The Morgan fingerprint density at radius 1 is 1.05 bits per heavy atom. The first-order chi connectivity index (χ1) is 9.17. The molecule has 1 aromatic rings. The number of hydrogen-bond acceptors (Lipinski definition) is 4. The van der Waals surface area contributed by atoms with Crippen LogP contribution < -0.4 is 22.5 Å². The van der Waals surface area contributed by atoms with E-state index >= 15 is 0 Å². The zero-order valence-electron chi connectivity index (χ0n) is 11.4. The Labute approximate surface area is 116 Å². The third-order valence-corrected chi connectivity index (χ3v) is 2.88. The summed E-state index contributed by atoms with van der Waals surface area (Å²) in [5.74, 6) is -1.78. The van der Waals surface area contributed by atoms with Crippen molar-refractivity contribution in [3.8, 4) is 0 Å². The summed E-state index contributed by atoms with van der Waals surface area (Å²) < 4.78 is 0. The quantitative estimate of drug-likeness (QED) is 0.592. The molecule has 0 aliphatic rings. The van der Waals surface area contributed by atoms with Crippen LogP contribution in [-0.4, -0.2) is 24.3 Å². The lowest BCUT2D eigenvalue weighted by atomic mass is 9.92. The zero-order chi connectivity index (χ0) is 15.5. The SMILES string of the molecule is CC(C)(CN)C(=O)Nc1cc(C(N)=O)cc(C(N)=O)c1. The van der Waals surface area contributed by atoms with Crippen LogP contribution in [0.1, 0.15) is 34.6 Å². The van der Waals surface area contributed by atoms with E-state index < -0.39 is 17.2 Å². The Bertz CT molecular complexity index is 534. The van der Waals surface area contributed by atoms with Gasteiger partial charge in [0, 0.05) is 23.4 Å². The molecule has 7 N–H and O–H groups in total. The highest BCUT2D eigenvalue weighted by molar-refractivity contribution is 6.02. The maximum absolute atomic E-state index is 12.0. The molecule has 1 aromatic carbocycles. The van der Waals surface area contributed by atoms with Gasteiger partial charge in [0.25, 0.3) is 0 Å². The Balaban J connectivity index is 3.15. The maximum atomic E-state index is 12.0. The van der Waals surface area contributed by atoms with E-state index in [1.54, 1.807) is 13.8 Å². The lowest BCUT2D eigenvalue weighted by molar-refractivity contribution is -0.123. The smallest absolute Gasteiger partial charge is 0.248 e. The van der Waals surface area contributed by atoms with Crippen LogP contribution in [0.25, 0.3) is 0 Å². The topological polar surface area (TPSA) is 141 Å². The molecule has 0 radical (unpaired) electrons. The minimum absolute atomic E-state index is 0.0853. The number of carbonyl (C=O) groups excluding carboxylic acids is 3. The minimum atomic E-state index is -0.782. The monoisotopic (exact) mass is 278 g/mol. The molecule has 0 heterocycles. The molecule has 3 amide bonds. The van der Waals surface area contributed by atoms with Crippen LogP contribution in [-0.2, 0) is 4.79 Å². The Hall–Kier alpha value is -2.41. The van der Waals surface area contributed by atoms with Crippen molar-refractivity contribution in [1.29, 1.82) is 0 Å². The van der Waals surface area contributed by atoms with Gasteiger partial charge in [-0.3, -0.25) is 14.4 Å². The van der Waals surface area contributed by atoms with Crippen molar-refractivity contribution in [2.24, 2.45) is 22.6 Å². The van der Waals surface area contributed by atoms with Crippen molar-refractivity contribution in [1.82, 2.24) is 0 Å². The molecule has 108 valence electrons. The summed E-state index contributed by atoms with van der Waals surface area (Å²) in [5.41, 5.74) is 15.5. The molecular formula is C13H18N4O3. The summed E-state index contributed by atoms with van der Waals surface area (Å²) in [6, 6.07) is 4.02. The van der Waals surface area contributed by atoms with Crippen molar-refractivity contribution in [3.05, 3.63) is 29.3 Å². The van der Waals surface area contributed by atoms with Gasteiger partial charge in [-0.15, -0.1) is 0 Å². The molecule has 0 aromatic heterocycles. The summed E-state index contributed by atoms with van der Waals surface area (Å²) >= 11 is 0. The normalized spacial score (nSPS) is 10.9. The molecule has 0 saturated carbocycles. The Kier molecular flexibility index (Phi) is 4.46. The molecular weight excluding hydrogens is 260 g/mol. The molecule has 1 rings (SSSR count). The van der Waals surface area contributed by atoms with Crippen LogP contribution in [0, 0.1) is 5.41 Å². The number of amides is 3.